The summed E-state index contributed by atoms with van der Waals surface area (Å²) in [6, 6.07) is 9.98. The first kappa shape index (κ1) is 14.9. The van der Waals surface area contributed by atoms with E-state index in [1.165, 1.54) is 0 Å². The van der Waals surface area contributed by atoms with E-state index in [-0.39, 0.29) is 0 Å². The van der Waals surface area contributed by atoms with Gasteiger partial charge in [-0.15, -0.1) is 0 Å². The summed E-state index contributed by atoms with van der Waals surface area (Å²) in [6.07, 6.45) is 7.00. The van der Waals surface area contributed by atoms with E-state index >= 15 is 0 Å². The quantitative estimate of drug-likeness (QED) is 0.801. The number of carboxylic acid groups (broad SMARTS) is 1. The molecule has 1 aliphatic carbocycles. The highest BCUT2D eigenvalue weighted by molar-refractivity contribution is 5.83. The summed E-state index contributed by atoms with van der Waals surface area (Å²) < 4.78 is 1.80. The Hall–Kier alpha value is -2.69. The van der Waals surface area contributed by atoms with Gasteiger partial charge in [-0.3, -0.25) is 14.5 Å². The van der Waals surface area contributed by atoms with Crippen molar-refractivity contribution < 1.29 is 9.90 Å². The number of aryl methyl sites for hydroxylation is 1. The Balaban J connectivity index is 1.72. The summed E-state index contributed by atoms with van der Waals surface area (Å²) in [4.78, 5) is 16.3. The van der Waals surface area contributed by atoms with Gasteiger partial charge in [-0.25, -0.2) is 0 Å². The van der Waals surface area contributed by atoms with Gasteiger partial charge in [0.25, 0.3) is 0 Å². The first-order valence-corrected chi connectivity index (χ1v) is 8.22. The second-order valence-electron chi connectivity index (χ2n) is 6.57. The molecule has 0 amide bonds. The molecule has 1 saturated carbocycles. The van der Waals surface area contributed by atoms with Crippen LogP contribution in [0.5, 0.6) is 0 Å². The van der Waals surface area contributed by atoms with Gasteiger partial charge in [0.05, 0.1) is 17.1 Å². The highest BCUT2D eigenvalue weighted by Gasteiger charge is 2.42. The molecular formula is C19H19N3O2. The second kappa shape index (κ2) is 5.44. The van der Waals surface area contributed by atoms with Crippen LogP contribution in [0.15, 0.2) is 42.7 Å². The van der Waals surface area contributed by atoms with Gasteiger partial charge >= 0.3 is 5.97 Å². The number of hydrogen-bond donors (Lipinski definition) is 1. The van der Waals surface area contributed by atoms with Crippen molar-refractivity contribution in [1.29, 1.82) is 0 Å². The number of aliphatic carboxylic acids is 1. The molecule has 5 nitrogen and oxygen atoms in total. The normalized spacial score (nSPS) is 16.5. The predicted molar refractivity (Wildman–Crippen MR) is 91.7 cm³/mol. The lowest BCUT2D eigenvalue weighted by Gasteiger charge is -2.24. The molecule has 0 radical (unpaired) electrons. The van der Waals surface area contributed by atoms with Crippen LogP contribution in [0, 0.1) is 0 Å². The standard InChI is InChI=1S/C19H19N3O2/c1-22-17-10-14(11-20-16(17)12-21-22)13-4-6-15(7-5-13)19(18(23)24)8-2-3-9-19/h4-7,10-12H,2-3,8-9H2,1H3,(H,23,24). The third-order valence-electron chi connectivity index (χ3n) is 5.24. The number of carbonyl (C=O) groups is 1. The summed E-state index contributed by atoms with van der Waals surface area (Å²) in [6.45, 7) is 0. The van der Waals surface area contributed by atoms with E-state index in [0.717, 1.165) is 53.4 Å². The summed E-state index contributed by atoms with van der Waals surface area (Å²) in [7, 11) is 1.90. The lowest BCUT2D eigenvalue weighted by molar-refractivity contribution is -0.143. The first-order valence-electron chi connectivity index (χ1n) is 8.22. The van der Waals surface area contributed by atoms with Gasteiger partial charge in [-0.05, 0) is 30.0 Å². The van der Waals surface area contributed by atoms with Crippen molar-refractivity contribution in [2.45, 2.75) is 31.1 Å². The Labute approximate surface area is 140 Å². The fourth-order valence-electron chi connectivity index (χ4n) is 3.77. The number of rotatable bonds is 3. The van der Waals surface area contributed by atoms with Crippen molar-refractivity contribution in [3.05, 3.63) is 48.3 Å². The van der Waals surface area contributed by atoms with E-state index in [9.17, 15) is 9.90 Å². The SMILES string of the molecule is Cn1ncc2ncc(-c3ccc(C4(C(=O)O)CCCC4)cc3)cc21. The molecule has 2 heterocycles. The molecule has 5 heteroatoms. The number of hydrogen-bond acceptors (Lipinski definition) is 3. The molecule has 0 atom stereocenters. The molecule has 122 valence electrons. The molecule has 24 heavy (non-hydrogen) atoms. The average Bonchev–Trinajstić information content (AvgIpc) is 3.23. The molecule has 4 rings (SSSR count). The van der Waals surface area contributed by atoms with Crippen molar-refractivity contribution in [1.82, 2.24) is 14.8 Å². The minimum Gasteiger partial charge on any atom is -0.481 e. The monoisotopic (exact) mass is 321 g/mol. The topological polar surface area (TPSA) is 68.0 Å². The van der Waals surface area contributed by atoms with Gasteiger partial charge in [-0.2, -0.15) is 5.10 Å². The summed E-state index contributed by atoms with van der Waals surface area (Å²) in [5.74, 6) is -0.703. The maximum absolute atomic E-state index is 11.8. The largest absolute Gasteiger partial charge is 0.481 e. The average molecular weight is 321 g/mol. The van der Waals surface area contributed by atoms with Gasteiger partial charge in [0.15, 0.2) is 0 Å². The van der Waals surface area contributed by atoms with Crippen LogP contribution >= 0.6 is 0 Å². The number of fused-ring (bicyclic) bond motifs is 1. The maximum atomic E-state index is 11.8. The molecule has 0 aliphatic heterocycles. The first-order chi connectivity index (χ1) is 11.6. The zero-order valence-electron chi connectivity index (χ0n) is 13.6. The highest BCUT2D eigenvalue weighted by atomic mass is 16.4. The van der Waals surface area contributed by atoms with E-state index in [1.807, 2.05) is 37.5 Å². The van der Waals surface area contributed by atoms with E-state index < -0.39 is 11.4 Å². The van der Waals surface area contributed by atoms with Crippen molar-refractivity contribution in [2.24, 2.45) is 7.05 Å². The third-order valence-corrected chi connectivity index (χ3v) is 5.24. The van der Waals surface area contributed by atoms with Crippen molar-refractivity contribution >= 4 is 17.0 Å². The van der Waals surface area contributed by atoms with Crippen LogP contribution in [-0.4, -0.2) is 25.8 Å². The van der Waals surface area contributed by atoms with E-state index in [4.69, 9.17) is 0 Å². The number of pyridine rings is 1. The summed E-state index contributed by atoms with van der Waals surface area (Å²) in [5, 5.41) is 13.9. The summed E-state index contributed by atoms with van der Waals surface area (Å²) in [5.41, 5.74) is 4.10. The molecule has 0 saturated heterocycles. The minimum atomic E-state index is -0.706. The molecule has 2 aromatic heterocycles. The van der Waals surface area contributed by atoms with Gasteiger partial charge < -0.3 is 5.11 Å². The number of nitrogens with zero attached hydrogens (tertiary/aromatic N) is 3. The maximum Gasteiger partial charge on any atom is 0.314 e. The van der Waals surface area contributed by atoms with E-state index in [0.29, 0.717) is 0 Å². The van der Waals surface area contributed by atoms with E-state index in [2.05, 4.69) is 16.1 Å². The Morgan fingerprint density at radius 3 is 2.50 bits per heavy atom. The van der Waals surface area contributed by atoms with Crippen molar-refractivity contribution in [3.63, 3.8) is 0 Å². The van der Waals surface area contributed by atoms with Gasteiger partial charge in [-0.1, -0.05) is 37.1 Å². The van der Waals surface area contributed by atoms with Gasteiger partial charge in [0.1, 0.15) is 5.52 Å². The molecule has 1 aliphatic rings. The fraction of sp³-hybridized carbons (Fsp3) is 0.316. The van der Waals surface area contributed by atoms with Crippen molar-refractivity contribution in [3.8, 4) is 11.1 Å². The second-order valence-corrected chi connectivity index (χ2v) is 6.57. The molecular weight excluding hydrogens is 302 g/mol. The Bertz CT molecular complexity index is 906. The smallest absolute Gasteiger partial charge is 0.314 e. The van der Waals surface area contributed by atoms with Crippen LogP contribution in [-0.2, 0) is 17.3 Å². The zero-order valence-corrected chi connectivity index (χ0v) is 13.6. The highest BCUT2D eigenvalue weighted by Crippen LogP contribution is 2.41. The van der Waals surface area contributed by atoms with Crippen LogP contribution in [0.3, 0.4) is 0 Å². The molecule has 1 N–H and O–H groups in total. The number of carboxylic acids is 1. The Morgan fingerprint density at radius 1 is 1.12 bits per heavy atom. The molecule has 0 unspecified atom stereocenters. The predicted octanol–water partition coefficient (Wildman–Crippen LogP) is 3.53. The molecule has 0 spiro atoms. The Kier molecular flexibility index (Phi) is 3.37. The van der Waals surface area contributed by atoms with Crippen LogP contribution < -0.4 is 0 Å². The molecule has 3 aromatic rings. The third kappa shape index (κ3) is 2.19. The Morgan fingerprint density at radius 2 is 1.83 bits per heavy atom. The molecule has 1 aromatic carbocycles. The zero-order chi connectivity index (χ0) is 16.7. The number of aromatic nitrogens is 3. The lowest BCUT2D eigenvalue weighted by atomic mass is 9.78. The fourth-order valence-corrected chi connectivity index (χ4v) is 3.77. The molecule has 1 fully saturated rings. The molecule has 0 bridgehead atoms. The lowest BCUT2D eigenvalue weighted by Crippen LogP contribution is -2.32. The van der Waals surface area contributed by atoms with Crippen LogP contribution in [0.25, 0.3) is 22.2 Å². The minimum absolute atomic E-state index is 0.703. The summed E-state index contributed by atoms with van der Waals surface area (Å²) >= 11 is 0. The number of benzene rings is 1. The van der Waals surface area contributed by atoms with E-state index in [1.54, 1.807) is 10.9 Å². The van der Waals surface area contributed by atoms with Crippen LogP contribution in [0.2, 0.25) is 0 Å². The van der Waals surface area contributed by atoms with Crippen LogP contribution in [0.4, 0.5) is 0 Å². The van der Waals surface area contributed by atoms with Gasteiger partial charge in [0, 0.05) is 18.8 Å². The van der Waals surface area contributed by atoms with Crippen LogP contribution in [0.1, 0.15) is 31.2 Å². The van der Waals surface area contributed by atoms with Crippen molar-refractivity contribution in [2.75, 3.05) is 0 Å². The van der Waals surface area contributed by atoms with Gasteiger partial charge in [0.2, 0.25) is 0 Å².